The molecule has 0 saturated carbocycles. The van der Waals surface area contributed by atoms with Crippen molar-refractivity contribution >= 4 is 28.2 Å². The van der Waals surface area contributed by atoms with Crippen LogP contribution in [0.2, 0.25) is 0 Å². The van der Waals surface area contributed by atoms with Crippen molar-refractivity contribution in [2.24, 2.45) is 7.05 Å². The van der Waals surface area contributed by atoms with E-state index in [2.05, 4.69) is 42.7 Å². The van der Waals surface area contributed by atoms with Gasteiger partial charge in [-0.2, -0.15) is 5.10 Å². The summed E-state index contributed by atoms with van der Waals surface area (Å²) in [5.74, 6) is 0.881. The monoisotopic (exact) mass is 491 g/mol. The van der Waals surface area contributed by atoms with Crippen LogP contribution in [0, 0.1) is 6.92 Å². The summed E-state index contributed by atoms with van der Waals surface area (Å²) in [7, 11) is -1.26. The van der Waals surface area contributed by atoms with E-state index in [4.69, 9.17) is 0 Å². The zero-order chi connectivity index (χ0) is 22.7. The SMILES string of the molecule is Cc1nn(C)cc1CN1CCN(c2nccnc2-c2ccc(CNS(C)(=O)=O)cc2)CC1.Cl. The van der Waals surface area contributed by atoms with Gasteiger partial charge in [0.2, 0.25) is 10.0 Å². The van der Waals surface area contributed by atoms with Crippen molar-refractivity contribution in [1.82, 2.24) is 29.4 Å². The van der Waals surface area contributed by atoms with Gasteiger partial charge in [-0.15, -0.1) is 12.4 Å². The third-order valence-corrected chi connectivity index (χ3v) is 6.29. The molecule has 1 saturated heterocycles. The Kier molecular flexibility index (Phi) is 8.06. The highest BCUT2D eigenvalue weighted by atomic mass is 35.5. The molecule has 11 heteroatoms. The zero-order valence-electron chi connectivity index (χ0n) is 19.1. The number of rotatable bonds is 7. The summed E-state index contributed by atoms with van der Waals surface area (Å²) < 4.78 is 27.0. The minimum absolute atomic E-state index is 0. The quantitative estimate of drug-likeness (QED) is 0.539. The highest BCUT2D eigenvalue weighted by Crippen LogP contribution is 2.28. The minimum Gasteiger partial charge on any atom is -0.352 e. The largest absolute Gasteiger partial charge is 0.352 e. The number of halogens is 1. The van der Waals surface area contributed by atoms with Gasteiger partial charge in [-0.25, -0.2) is 18.1 Å². The molecule has 0 amide bonds. The molecule has 0 spiro atoms. The third kappa shape index (κ3) is 6.50. The molecule has 1 aliphatic heterocycles. The molecule has 1 aliphatic rings. The molecule has 0 radical (unpaired) electrons. The molecule has 3 heterocycles. The van der Waals surface area contributed by atoms with Gasteiger partial charge in [0.25, 0.3) is 0 Å². The number of anilines is 1. The predicted molar refractivity (Wildman–Crippen MR) is 132 cm³/mol. The van der Waals surface area contributed by atoms with Gasteiger partial charge in [0.05, 0.1) is 11.9 Å². The molecular formula is C22H30ClN7O2S. The molecule has 0 aliphatic carbocycles. The second kappa shape index (κ2) is 10.6. The molecule has 1 aromatic carbocycles. The highest BCUT2D eigenvalue weighted by Gasteiger charge is 2.22. The zero-order valence-corrected chi connectivity index (χ0v) is 20.7. The molecule has 4 rings (SSSR count). The lowest BCUT2D eigenvalue weighted by atomic mass is 10.1. The standard InChI is InChI=1S/C22H29N7O2S.ClH/c1-17-20(15-27(2)26-17)16-28-10-12-29(13-11-28)22-21(23-8-9-24-22)19-6-4-18(5-7-19)14-25-32(3,30)31;/h4-9,15,25H,10-14,16H2,1-3H3;1H. The Morgan fingerprint density at radius 2 is 1.70 bits per heavy atom. The number of nitrogens with zero attached hydrogens (tertiary/aromatic N) is 6. The number of benzene rings is 1. The van der Waals surface area contributed by atoms with E-state index in [1.165, 1.54) is 5.56 Å². The van der Waals surface area contributed by atoms with Gasteiger partial charge < -0.3 is 4.90 Å². The van der Waals surface area contributed by atoms with Gasteiger partial charge in [0, 0.05) is 76.0 Å². The van der Waals surface area contributed by atoms with Crippen LogP contribution in [0.4, 0.5) is 5.82 Å². The van der Waals surface area contributed by atoms with E-state index in [0.29, 0.717) is 0 Å². The summed E-state index contributed by atoms with van der Waals surface area (Å²) in [6.07, 6.45) is 6.69. The van der Waals surface area contributed by atoms with Crippen molar-refractivity contribution in [1.29, 1.82) is 0 Å². The maximum atomic E-state index is 11.3. The molecule has 1 N–H and O–H groups in total. The van der Waals surface area contributed by atoms with Crippen molar-refractivity contribution in [3.8, 4) is 11.3 Å². The number of piperazine rings is 1. The average Bonchev–Trinajstić information content (AvgIpc) is 3.09. The van der Waals surface area contributed by atoms with Crippen molar-refractivity contribution in [2.75, 3.05) is 37.3 Å². The van der Waals surface area contributed by atoms with Gasteiger partial charge in [-0.3, -0.25) is 14.6 Å². The molecule has 0 atom stereocenters. The fraction of sp³-hybridized carbons (Fsp3) is 0.409. The molecule has 9 nitrogen and oxygen atoms in total. The second-order valence-corrected chi connectivity index (χ2v) is 10.0. The van der Waals surface area contributed by atoms with Crippen LogP contribution < -0.4 is 9.62 Å². The summed E-state index contributed by atoms with van der Waals surface area (Å²) >= 11 is 0. The van der Waals surface area contributed by atoms with E-state index in [0.717, 1.165) is 67.3 Å². The van der Waals surface area contributed by atoms with Crippen LogP contribution in [-0.2, 0) is 30.2 Å². The van der Waals surface area contributed by atoms with Gasteiger partial charge in [-0.05, 0) is 12.5 Å². The lowest BCUT2D eigenvalue weighted by Crippen LogP contribution is -2.46. The number of hydrogen-bond acceptors (Lipinski definition) is 7. The minimum atomic E-state index is -3.22. The number of aryl methyl sites for hydroxylation is 2. The first-order chi connectivity index (χ1) is 15.3. The molecule has 3 aromatic rings. The van der Waals surface area contributed by atoms with E-state index < -0.39 is 10.0 Å². The summed E-state index contributed by atoms with van der Waals surface area (Å²) in [5.41, 5.74) is 5.05. The van der Waals surface area contributed by atoms with Crippen LogP contribution in [0.5, 0.6) is 0 Å². The molecule has 1 fully saturated rings. The molecule has 0 unspecified atom stereocenters. The molecule has 178 valence electrons. The van der Waals surface area contributed by atoms with Crippen molar-refractivity contribution in [3.05, 3.63) is 59.7 Å². The first-order valence-electron chi connectivity index (χ1n) is 10.6. The predicted octanol–water partition coefficient (Wildman–Crippen LogP) is 1.98. The Morgan fingerprint density at radius 1 is 1.03 bits per heavy atom. The van der Waals surface area contributed by atoms with E-state index in [1.54, 1.807) is 12.4 Å². The first kappa shape index (κ1) is 25.1. The number of sulfonamides is 1. The third-order valence-electron chi connectivity index (χ3n) is 5.63. The first-order valence-corrected chi connectivity index (χ1v) is 12.5. The molecular weight excluding hydrogens is 462 g/mol. The lowest BCUT2D eigenvalue weighted by Gasteiger charge is -2.35. The van der Waals surface area contributed by atoms with Crippen molar-refractivity contribution in [3.63, 3.8) is 0 Å². The fourth-order valence-corrected chi connectivity index (χ4v) is 4.35. The Morgan fingerprint density at radius 3 is 2.30 bits per heavy atom. The average molecular weight is 492 g/mol. The fourth-order valence-electron chi connectivity index (χ4n) is 3.92. The van der Waals surface area contributed by atoms with Gasteiger partial charge in [-0.1, -0.05) is 24.3 Å². The lowest BCUT2D eigenvalue weighted by molar-refractivity contribution is 0.249. The Hall–Kier alpha value is -2.53. The molecule has 2 aromatic heterocycles. The van der Waals surface area contributed by atoms with Crippen LogP contribution in [0.3, 0.4) is 0 Å². The van der Waals surface area contributed by atoms with Gasteiger partial charge in [0.1, 0.15) is 5.69 Å². The summed E-state index contributed by atoms with van der Waals surface area (Å²) in [5, 5.41) is 4.44. The van der Waals surface area contributed by atoms with Gasteiger partial charge >= 0.3 is 0 Å². The number of hydrogen-bond donors (Lipinski definition) is 1. The van der Waals surface area contributed by atoms with E-state index in [1.807, 2.05) is 36.0 Å². The Labute approximate surface area is 201 Å². The van der Waals surface area contributed by atoms with Crippen molar-refractivity contribution in [2.45, 2.75) is 20.0 Å². The summed E-state index contributed by atoms with van der Waals surface area (Å²) in [4.78, 5) is 14.0. The Bertz CT molecular complexity index is 1170. The van der Waals surface area contributed by atoms with Crippen molar-refractivity contribution < 1.29 is 8.42 Å². The van der Waals surface area contributed by atoms with Crippen LogP contribution in [0.15, 0.2) is 42.9 Å². The topological polar surface area (TPSA) is 96.2 Å². The normalized spacial score (nSPS) is 14.8. The molecule has 0 bridgehead atoms. The van der Waals surface area contributed by atoms with E-state index in [-0.39, 0.29) is 19.0 Å². The van der Waals surface area contributed by atoms with Crippen LogP contribution in [-0.4, -0.2) is 65.5 Å². The smallest absolute Gasteiger partial charge is 0.209 e. The highest BCUT2D eigenvalue weighted by molar-refractivity contribution is 7.88. The maximum Gasteiger partial charge on any atom is 0.209 e. The van der Waals surface area contributed by atoms with E-state index >= 15 is 0 Å². The summed E-state index contributed by atoms with van der Waals surface area (Å²) in [6, 6.07) is 7.77. The number of aromatic nitrogens is 4. The number of nitrogens with one attached hydrogen (secondary N) is 1. The second-order valence-electron chi connectivity index (χ2n) is 8.20. The van der Waals surface area contributed by atoms with E-state index in [9.17, 15) is 8.42 Å². The Balaban J connectivity index is 0.00000306. The maximum absolute atomic E-state index is 11.3. The van der Waals surface area contributed by atoms with Crippen LogP contribution >= 0.6 is 12.4 Å². The molecule has 33 heavy (non-hydrogen) atoms. The van der Waals surface area contributed by atoms with Crippen LogP contribution in [0.1, 0.15) is 16.8 Å². The summed E-state index contributed by atoms with van der Waals surface area (Å²) in [6.45, 7) is 6.87. The van der Waals surface area contributed by atoms with Gasteiger partial charge in [0.15, 0.2) is 5.82 Å². The van der Waals surface area contributed by atoms with Crippen LogP contribution in [0.25, 0.3) is 11.3 Å².